The Balaban J connectivity index is 2.17. The molecule has 0 heterocycles. The zero-order valence-electron chi connectivity index (χ0n) is 9.87. The van der Waals surface area contributed by atoms with Gasteiger partial charge in [0.1, 0.15) is 18.2 Å². The van der Waals surface area contributed by atoms with E-state index in [-0.39, 0.29) is 19.0 Å². The maximum absolute atomic E-state index is 13.4. The van der Waals surface area contributed by atoms with Gasteiger partial charge in [-0.25, -0.2) is 4.39 Å². The van der Waals surface area contributed by atoms with Gasteiger partial charge in [-0.3, -0.25) is 0 Å². The molecular formula is C14H11Br2FO2. The molecule has 0 aromatic heterocycles. The topological polar surface area (TPSA) is 29.5 Å². The van der Waals surface area contributed by atoms with Crippen molar-refractivity contribution in [2.24, 2.45) is 0 Å². The standard InChI is InChI=1S/C14H11Br2FO2/c15-11-4-5-13(10(6-11)7-18)19-8-9-2-1-3-12(17)14(9)16/h1-6,18H,7-8H2. The molecule has 19 heavy (non-hydrogen) atoms. The molecule has 100 valence electrons. The molecule has 0 aliphatic heterocycles. The summed E-state index contributed by atoms with van der Waals surface area (Å²) in [5, 5.41) is 9.27. The summed E-state index contributed by atoms with van der Waals surface area (Å²) in [4.78, 5) is 0. The van der Waals surface area contributed by atoms with Crippen molar-refractivity contribution < 1.29 is 14.2 Å². The van der Waals surface area contributed by atoms with Gasteiger partial charge in [0.2, 0.25) is 0 Å². The highest BCUT2D eigenvalue weighted by molar-refractivity contribution is 9.10. The summed E-state index contributed by atoms with van der Waals surface area (Å²) in [5.74, 6) is 0.265. The van der Waals surface area contributed by atoms with E-state index in [1.54, 1.807) is 24.3 Å². The molecule has 2 nitrogen and oxygen atoms in total. The van der Waals surface area contributed by atoms with Gasteiger partial charge >= 0.3 is 0 Å². The summed E-state index contributed by atoms with van der Waals surface area (Å²) in [6, 6.07) is 10.2. The predicted molar refractivity (Wildman–Crippen MR) is 78.5 cm³/mol. The Morgan fingerprint density at radius 1 is 1.11 bits per heavy atom. The Labute approximate surface area is 127 Å². The Kier molecular flexibility index (Phi) is 4.96. The van der Waals surface area contributed by atoms with Crippen molar-refractivity contribution in [3.8, 4) is 5.75 Å². The summed E-state index contributed by atoms with van der Waals surface area (Å²) >= 11 is 6.52. The van der Waals surface area contributed by atoms with Crippen LogP contribution in [-0.4, -0.2) is 5.11 Å². The lowest BCUT2D eigenvalue weighted by Gasteiger charge is -2.11. The second-order valence-corrected chi connectivity index (χ2v) is 5.62. The van der Waals surface area contributed by atoms with Crippen LogP contribution < -0.4 is 4.74 Å². The van der Waals surface area contributed by atoms with Crippen molar-refractivity contribution in [1.29, 1.82) is 0 Å². The number of ether oxygens (including phenoxy) is 1. The first-order valence-corrected chi connectivity index (χ1v) is 7.15. The number of halogens is 3. The minimum Gasteiger partial charge on any atom is -0.488 e. The van der Waals surface area contributed by atoms with E-state index in [1.807, 2.05) is 6.07 Å². The first-order valence-electron chi connectivity index (χ1n) is 5.57. The van der Waals surface area contributed by atoms with Crippen LogP contribution in [0.5, 0.6) is 5.75 Å². The number of aliphatic hydroxyl groups is 1. The van der Waals surface area contributed by atoms with E-state index in [0.29, 0.717) is 21.3 Å². The molecule has 2 aromatic carbocycles. The van der Waals surface area contributed by atoms with Gasteiger partial charge in [0.15, 0.2) is 0 Å². The summed E-state index contributed by atoms with van der Waals surface area (Å²) in [7, 11) is 0. The smallest absolute Gasteiger partial charge is 0.137 e. The summed E-state index contributed by atoms with van der Waals surface area (Å²) in [6.45, 7) is 0.117. The summed E-state index contributed by atoms with van der Waals surface area (Å²) in [6.07, 6.45) is 0. The number of hydrogen-bond donors (Lipinski definition) is 1. The monoisotopic (exact) mass is 388 g/mol. The van der Waals surface area contributed by atoms with E-state index in [1.165, 1.54) is 6.07 Å². The molecule has 0 saturated carbocycles. The van der Waals surface area contributed by atoms with Gasteiger partial charge in [-0.1, -0.05) is 28.1 Å². The molecule has 0 fully saturated rings. The largest absolute Gasteiger partial charge is 0.488 e. The zero-order valence-corrected chi connectivity index (χ0v) is 13.0. The van der Waals surface area contributed by atoms with E-state index in [4.69, 9.17) is 4.74 Å². The van der Waals surface area contributed by atoms with Gasteiger partial charge in [-0.2, -0.15) is 0 Å². The maximum atomic E-state index is 13.4. The molecule has 0 atom stereocenters. The third kappa shape index (κ3) is 3.55. The number of hydrogen-bond acceptors (Lipinski definition) is 2. The number of benzene rings is 2. The van der Waals surface area contributed by atoms with E-state index < -0.39 is 0 Å². The molecule has 5 heteroatoms. The minimum absolute atomic E-state index is 0.112. The van der Waals surface area contributed by atoms with E-state index >= 15 is 0 Å². The van der Waals surface area contributed by atoms with Gasteiger partial charge in [0.05, 0.1) is 11.1 Å². The number of rotatable bonds is 4. The molecule has 0 unspecified atom stereocenters. The number of aliphatic hydroxyl groups excluding tert-OH is 1. The third-order valence-electron chi connectivity index (χ3n) is 2.61. The fraction of sp³-hybridized carbons (Fsp3) is 0.143. The van der Waals surface area contributed by atoms with Crippen LogP contribution in [0.15, 0.2) is 45.3 Å². The van der Waals surface area contributed by atoms with Crippen LogP contribution in [-0.2, 0) is 13.2 Å². The third-order valence-corrected chi connectivity index (χ3v) is 3.99. The van der Waals surface area contributed by atoms with Gasteiger partial charge in [0.25, 0.3) is 0 Å². The molecule has 0 spiro atoms. The van der Waals surface area contributed by atoms with Gasteiger partial charge < -0.3 is 9.84 Å². The lowest BCUT2D eigenvalue weighted by molar-refractivity contribution is 0.258. The Morgan fingerprint density at radius 3 is 2.63 bits per heavy atom. The van der Waals surface area contributed by atoms with Crippen LogP contribution in [0.4, 0.5) is 4.39 Å². The summed E-state index contributed by atoms with van der Waals surface area (Å²) < 4.78 is 20.3. The van der Waals surface area contributed by atoms with Gasteiger partial charge in [-0.05, 0) is 40.2 Å². The fourth-order valence-electron chi connectivity index (χ4n) is 1.63. The van der Waals surface area contributed by atoms with Crippen LogP contribution >= 0.6 is 31.9 Å². The minimum atomic E-state index is -0.320. The average Bonchev–Trinajstić information content (AvgIpc) is 2.41. The molecule has 0 radical (unpaired) electrons. The van der Waals surface area contributed by atoms with Gasteiger partial charge in [-0.15, -0.1) is 0 Å². The van der Waals surface area contributed by atoms with E-state index in [2.05, 4.69) is 31.9 Å². The SMILES string of the molecule is OCc1cc(Br)ccc1OCc1cccc(F)c1Br. The van der Waals surface area contributed by atoms with Crippen molar-refractivity contribution in [3.63, 3.8) is 0 Å². The maximum Gasteiger partial charge on any atom is 0.137 e. The molecule has 2 rings (SSSR count). The quantitative estimate of drug-likeness (QED) is 0.838. The second-order valence-electron chi connectivity index (χ2n) is 3.91. The second kappa shape index (κ2) is 6.50. The van der Waals surface area contributed by atoms with E-state index in [9.17, 15) is 9.50 Å². The highest BCUT2D eigenvalue weighted by atomic mass is 79.9. The summed E-state index contributed by atoms with van der Waals surface area (Å²) in [5.41, 5.74) is 1.40. The van der Waals surface area contributed by atoms with Crippen molar-refractivity contribution in [3.05, 3.63) is 62.3 Å². The first-order chi connectivity index (χ1) is 9.11. The van der Waals surface area contributed by atoms with Crippen molar-refractivity contribution >= 4 is 31.9 Å². The van der Waals surface area contributed by atoms with Crippen LogP contribution in [0.2, 0.25) is 0 Å². The van der Waals surface area contributed by atoms with Crippen LogP contribution in [0.1, 0.15) is 11.1 Å². The lowest BCUT2D eigenvalue weighted by atomic mass is 10.2. The van der Waals surface area contributed by atoms with Crippen molar-refractivity contribution in [2.75, 3.05) is 0 Å². The van der Waals surface area contributed by atoms with Crippen LogP contribution in [0.3, 0.4) is 0 Å². The van der Waals surface area contributed by atoms with Crippen molar-refractivity contribution in [2.45, 2.75) is 13.2 Å². The molecule has 0 amide bonds. The average molecular weight is 390 g/mol. The predicted octanol–water partition coefficient (Wildman–Crippen LogP) is 4.42. The Bertz CT molecular complexity index is 588. The zero-order chi connectivity index (χ0) is 13.8. The molecule has 2 aromatic rings. The van der Waals surface area contributed by atoms with Crippen molar-refractivity contribution in [1.82, 2.24) is 0 Å². The fourth-order valence-corrected chi connectivity index (χ4v) is 2.42. The normalized spacial score (nSPS) is 10.5. The van der Waals surface area contributed by atoms with Crippen LogP contribution in [0, 0.1) is 5.82 Å². The highest BCUT2D eigenvalue weighted by Crippen LogP contribution is 2.26. The molecule has 0 aliphatic carbocycles. The first kappa shape index (κ1) is 14.5. The highest BCUT2D eigenvalue weighted by Gasteiger charge is 2.08. The van der Waals surface area contributed by atoms with E-state index in [0.717, 1.165) is 4.47 Å². The van der Waals surface area contributed by atoms with Crippen LogP contribution in [0.25, 0.3) is 0 Å². The molecule has 0 saturated heterocycles. The van der Waals surface area contributed by atoms with Gasteiger partial charge in [0, 0.05) is 15.6 Å². The Hall–Kier alpha value is -0.910. The molecule has 0 aliphatic rings. The lowest BCUT2D eigenvalue weighted by Crippen LogP contribution is -2.00. The molecule has 1 N–H and O–H groups in total. The molecule has 0 bridgehead atoms. The molecular weight excluding hydrogens is 379 g/mol. The Morgan fingerprint density at radius 2 is 1.89 bits per heavy atom.